The number of halogens is 2. The Morgan fingerprint density at radius 3 is 2.65 bits per heavy atom. The standard InChI is InChI=1S/C17H14ClFO/c18-17-12(7-4-8-15(17)19)9-16(20)14-10-13(14)11-5-2-1-3-6-11/h1-8,13-14H,9-10H2. The van der Waals surface area contributed by atoms with E-state index in [-0.39, 0.29) is 23.1 Å². The van der Waals surface area contributed by atoms with Crippen LogP contribution in [0, 0.1) is 11.7 Å². The van der Waals surface area contributed by atoms with E-state index in [1.807, 2.05) is 30.3 Å². The van der Waals surface area contributed by atoms with Crippen molar-refractivity contribution in [3.05, 3.63) is 70.5 Å². The first kappa shape index (κ1) is 13.3. The number of benzene rings is 2. The molecule has 0 amide bonds. The van der Waals surface area contributed by atoms with E-state index in [1.54, 1.807) is 12.1 Å². The molecule has 0 saturated heterocycles. The first-order valence-corrected chi connectivity index (χ1v) is 7.05. The van der Waals surface area contributed by atoms with E-state index in [2.05, 4.69) is 0 Å². The summed E-state index contributed by atoms with van der Waals surface area (Å²) in [6.07, 6.45) is 1.10. The summed E-state index contributed by atoms with van der Waals surface area (Å²) < 4.78 is 13.3. The van der Waals surface area contributed by atoms with Crippen LogP contribution in [-0.2, 0) is 11.2 Å². The molecule has 3 heteroatoms. The highest BCUT2D eigenvalue weighted by molar-refractivity contribution is 6.31. The monoisotopic (exact) mass is 288 g/mol. The lowest BCUT2D eigenvalue weighted by molar-refractivity contribution is -0.119. The van der Waals surface area contributed by atoms with Crippen LogP contribution >= 0.6 is 11.6 Å². The van der Waals surface area contributed by atoms with Gasteiger partial charge in [0.1, 0.15) is 11.6 Å². The van der Waals surface area contributed by atoms with E-state index in [9.17, 15) is 9.18 Å². The topological polar surface area (TPSA) is 17.1 Å². The molecule has 1 saturated carbocycles. The predicted molar refractivity (Wildman–Crippen MR) is 77.4 cm³/mol. The van der Waals surface area contributed by atoms with Crippen molar-refractivity contribution in [1.82, 2.24) is 0 Å². The zero-order valence-electron chi connectivity index (χ0n) is 10.9. The maximum absolute atomic E-state index is 13.3. The van der Waals surface area contributed by atoms with E-state index in [0.29, 0.717) is 11.5 Å². The predicted octanol–water partition coefficient (Wildman–Crippen LogP) is 4.39. The van der Waals surface area contributed by atoms with Gasteiger partial charge in [-0.15, -0.1) is 0 Å². The molecule has 2 aromatic rings. The number of rotatable bonds is 4. The second kappa shape index (κ2) is 5.37. The molecule has 1 aliphatic carbocycles. The number of hydrogen-bond donors (Lipinski definition) is 0. The Bertz CT molecular complexity index is 639. The van der Waals surface area contributed by atoms with E-state index in [0.717, 1.165) is 6.42 Å². The number of Topliss-reactive ketones (excluding diaryl/α,β-unsaturated/α-hetero) is 1. The second-order valence-electron chi connectivity index (χ2n) is 5.22. The van der Waals surface area contributed by atoms with Gasteiger partial charge in [-0.3, -0.25) is 4.79 Å². The highest BCUT2D eigenvalue weighted by Gasteiger charge is 2.43. The van der Waals surface area contributed by atoms with Gasteiger partial charge in [0.25, 0.3) is 0 Å². The van der Waals surface area contributed by atoms with Gasteiger partial charge in [0.05, 0.1) is 5.02 Å². The minimum absolute atomic E-state index is 0.0525. The molecule has 1 aliphatic rings. The summed E-state index contributed by atoms with van der Waals surface area (Å²) in [7, 11) is 0. The lowest BCUT2D eigenvalue weighted by Crippen LogP contribution is -2.07. The van der Waals surface area contributed by atoms with Gasteiger partial charge < -0.3 is 0 Å². The minimum atomic E-state index is -0.465. The van der Waals surface area contributed by atoms with Crippen LogP contribution in [0.1, 0.15) is 23.5 Å². The summed E-state index contributed by atoms with van der Waals surface area (Å²) in [6.45, 7) is 0. The third-order valence-corrected chi connectivity index (χ3v) is 4.25. The summed E-state index contributed by atoms with van der Waals surface area (Å²) in [5, 5.41) is 0.0674. The Hall–Kier alpha value is -1.67. The molecule has 2 atom stereocenters. The summed E-state index contributed by atoms with van der Waals surface area (Å²) >= 11 is 5.89. The van der Waals surface area contributed by atoms with E-state index in [4.69, 9.17) is 11.6 Å². The molecule has 0 N–H and O–H groups in total. The van der Waals surface area contributed by atoms with Gasteiger partial charge in [-0.25, -0.2) is 4.39 Å². The Labute approximate surface area is 122 Å². The maximum atomic E-state index is 13.3. The van der Waals surface area contributed by atoms with Crippen molar-refractivity contribution < 1.29 is 9.18 Å². The van der Waals surface area contributed by atoms with Crippen LogP contribution in [0.15, 0.2) is 48.5 Å². The van der Waals surface area contributed by atoms with Crippen LogP contribution in [0.25, 0.3) is 0 Å². The highest BCUT2D eigenvalue weighted by atomic mass is 35.5. The van der Waals surface area contributed by atoms with Crippen molar-refractivity contribution in [3.8, 4) is 0 Å². The van der Waals surface area contributed by atoms with E-state index >= 15 is 0 Å². The Morgan fingerprint density at radius 2 is 1.90 bits per heavy atom. The average Bonchev–Trinajstić information content (AvgIpc) is 3.25. The molecule has 0 aromatic heterocycles. The molecule has 1 fully saturated rings. The number of hydrogen-bond acceptors (Lipinski definition) is 1. The molecule has 1 nitrogen and oxygen atoms in total. The maximum Gasteiger partial charge on any atom is 0.142 e. The Morgan fingerprint density at radius 1 is 1.15 bits per heavy atom. The van der Waals surface area contributed by atoms with Gasteiger partial charge in [-0.1, -0.05) is 54.1 Å². The van der Waals surface area contributed by atoms with Crippen LogP contribution in [0.2, 0.25) is 5.02 Å². The van der Waals surface area contributed by atoms with Crippen LogP contribution in [0.3, 0.4) is 0 Å². The van der Waals surface area contributed by atoms with Crippen molar-refractivity contribution in [3.63, 3.8) is 0 Å². The molecule has 2 aromatic carbocycles. The molecule has 0 bridgehead atoms. The zero-order chi connectivity index (χ0) is 14.1. The molecule has 20 heavy (non-hydrogen) atoms. The average molecular weight is 289 g/mol. The fraction of sp³-hybridized carbons (Fsp3) is 0.235. The summed E-state index contributed by atoms with van der Waals surface area (Å²) in [6, 6.07) is 14.6. The highest BCUT2D eigenvalue weighted by Crippen LogP contribution is 2.48. The van der Waals surface area contributed by atoms with Crippen molar-refractivity contribution in [2.24, 2.45) is 5.92 Å². The fourth-order valence-corrected chi connectivity index (χ4v) is 2.82. The number of ketones is 1. The quantitative estimate of drug-likeness (QED) is 0.815. The molecule has 0 spiro atoms. The third-order valence-electron chi connectivity index (χ3n) is 3.83. The third kappa shape index (κ3) is 2.61. The van der Waals surface area contributed by atoms with Gasteiger partial charge in [-0.05, 0) is 29.5 Å². The second-order valence-corrected chi connectivity index (χ2v) is 5.59. The van der Waals surface area contributed by atoms with Crippen molar-refractivity contribution >= 4 is 17.4 Å². The van der Waals surface area contributed by atoms with Crippen LogP contribution in [0.5, 0.6) is 0 Å². The van der Waals surface area contributed by atoms with Crippen molar-refractivity contribution in [2.75, 3.05) is 0 Å². The molecular formula is C17H14ClFO. The van der Waals surface area contributed by atoms with E-state index in [1.165, 1.54) is 11.6 Å². The Balaban J connectivity index is 1.69. The van der Waals surface area contributed by atoms with Crippen LogP contribution < -0.4 is 0 Å². The molecule has 102 valence electrons. The normalized spacial score (nSPS) is 20.7. The van der Waals surface area contributed by atoms with Gasteiger partial charge >= 0.3 is 0 Å². The number of carbonyl (C=O) groups excluding carboxylic acids is 1. The number of carbonyl (C=O) groups is 1. The minimum Gasteiger partial charge on any atom is -0.299 e. The van der Waals surface area contributed by atoms with E-state index < -0.39 is 5.82 Å². The Kier molecular flexibility index (Phi) is 3.58. The van der Waals surface area contributed by atoms with Crippen LogP contribution in [0.4, 0.5) is 4.39 Å². The largest absolute Gasteiger partial charge is 0.299 e. The molecule has 2 unspecified atom stereocenters. The smallest absolute Gasteiger partial charge is 0.142 e. The van der Waals surface area contributed by atoms with Gasteiger partial charge in [0, 0.05) is 12.3 Å². The molecule has 0 aliphatic heterocycles. The van der Waals surface area contributed by atoms with Crippen molar-refractivity contribution in [1.29, 1.82) is 0 Å². The van der Waals surface area contributed by atoms with Gasteiger partial charge in [0.2, 0.25) is 0 Å². The molecule has 0 heterocycles. The molecule has 3 rings (SSSR count). The van der Waals surface area contributed by atoms with Gasteiger partial charge in [0.15, 0.2) is 0 Å². The lowest BCUT2D eigenvalue weighted by Gasteiger charge is -2.04. The SMILES string of the molecule is O=C(Cc1cccc(F)c1Cl)C1CC1c1ccccc1. The summed E-state index contributed by atoms with van der Waals surface area (Å²) in [5.74, 6) is 0.0477. The van der Waals surface area contributed by atoms with Crippen LogP contribution in [-0.4, -0.2) is 5.78 Å². The first-order chi connectivity index (χ1) is 9.66. The summed E-state index contributed by atoms with van der Waals surface area (Å²) in [5.41, 5.74) is 1.78. The van der Waals surface area contributed by atoms with Gasteiger partial charge in [-0.2, -0.15) is 0 Å². The first-order valence-electron chi connectivity index (χ1n) is 6.67. The fourth-order valence-electron chi connectivity index (χ4n) is 2.62. The van der Waals surface area contributed by atoms with Crippen molar-refractivity contribution in [2.45, 2.75) is 18.8 Å². The zero-order valence-corrected chi connectivity index (χ0v) is 11.6. The summed E-state index contributed by atoms with van der Waals surface area (Å²) in [4.78, 5) is 12.2. The lowest BCUT2D eigenvalue weighted by atomic mass is 10.0. The molecule has 0 radical (unpaired) electrons. The molecular weight excluding hydrogens is 275 g/mol.